The maximum absolute atomic E-state index is 12.4. The molecule has 2 aromatic carbocycles. The molecule has 0 amide bonds. The van der Waals surface area contributed by atoms with E-state index in [0.717, 1.165) is 3.57 Å². The Morgan fingerprint density at radius 3 is 2.43 bits per heavy atom. The van der Waals surface area contributed by atoms with Gasteiger partial charge in [-0.15, -0.1) is 0 Å². The number of hydrogen-bond acceptors (Lipinski definition) is 4. The Morgan fingerprint density at radius 1 is 1.19 bits per heavy atom. The van der Waals surface area contributed by atoms with Crippen LogP contribution < -0.4 is 9.46 Å². The topological polar surface area (TPSA) is 75.6 Å². The van der Waals surface area contributed by atoms with Gasteiger partial charge in [0.1, 0.15) is 10.6 Å². The number of anilines is 1. The van der Waals surface area contributed by atoms with Crippen molar-refractivity contribution in [3.8, 4) is 5.75 Å². The Bertz CT molecular complexity index is 729. The fraction of sp³-hybridized carbons (Fsp3) is 0.143. The van der Waals surface area contributed by atoms with Gasteiger partial charge in [0.2, 0.25) is 0 Å². The molecule has 0 unspecified atom stereocenters. The number of hydrogen-bond donors (Lipinski definition) is 2. The maximum Gasteiger partial charge on any atom is 0.265 e. The SMILES string of the molecule is COc1cc(CO)ccc1S(=O)(=O)Nc1ccc(I)cc1. The van der Waals surface area contributed by atoms with Crippen molar-refractivity contribution < 1.29 is 18.3 Å². The largest absolute Gasteiger partial charge is 0.495 e. The lowest BCUT2D eigenvalue weighted by Crippen LogP contribution is -2.14. The summed E-state index contributed by atoms with van der Waals surface area (Å²) in [6.45, 7) is -0.179. The Labute approximate surface area is 137 Å². The van der Waals surface area contributed by atoms with E-state index in [4.69, 9.17) is 9.84 Å². The Kier molecular flexibility index (Phi) is 5.07. The molecule has 0 saturated heterocycles. The van der Waals surface area contributed by atoms with Crippen molar-refractivity contribution >= 4 is 38.3 Å². The average Bonchev–Trinajstić information content (AvgIpc) is 2.48. The van der Waals surface area contributed by atoms with E-state index in [1.165, 1.54) is 19.2 Å². The Balaban J connectivity index is 2.37. The molecule has 0 saturated carbocycles. The molecule has 5 nitrogen and oxygen atoms in total. The molecule has 0 aliphatic heterocycles. The minimum absolute atomic E-state index is 0.0285. The minimum Gasteiger partial charge on any atom is -0.495 e. The number of methoxy groups -OCH3 is 1. The number of sulfonamides is 1. The standard InChI is InChI=1S/C14H14INO4S/c1-20-13-8-10(9-17)2-7-14(13)21(18,19)16-12-5-3-11(15)4-6-12/h2-8,16-17H,9H2,1H3. The van der Waals surface area contributed by atoms with Crippen molar-refractivity contribution in [3.63, 3.8) is 0 Å². The van der Waals surface area contributed by atoms with Crippen LogP contribution in [-0.4, -0.2) is 20.6 Å². The summed E-state index contributed by atoms with van der Waals surface area (Å²) in [6, 6.07) is 11.5. The van der Waals surface area contributed by atoms with Crippen LogP contribution in [0.1, 0.15) is 5.56 Å². The summed E-state index contributed by atoms with van der Waals surface area (Å²) in [5.74, 6) is 0.194. The molecular weight excluding hydrogens is 405 g/mol. The highest BCUT2D eigenvalue weighted by atomic mass is 127. The summed E-state index contributed by atoms with van der Waals surface area (Å²) in [5.41, 5.74) is 1.06. The van der Waals surface area contributed by atoms with Gasteiger partial charge in [-0.2, -0.15) is 0 Å². The predicted molar refractivity (Wildman–Crippen MR) is 88.9 cm³/mol. The molecule has 0 fully saturated rings. The highest BCUT2D eigenvalue weighted by molar-refractivity contribution is 14.1. The van der Waals surface area contributed by atoms with Gasteiger partial charge < -0.3 is 9.84 Å². The first-order valence-corrected chi connectivity index (χ1v) is 8.58. The molecule has 2 rings (SSSR count). The highest BCUT2D eigenvalue weighted by Crippen LogP contribution is 2.27. The molecule has 0 spiro atoms. The fourth-order valence-electron chi connectivity index (χ4n) is 1.76. The summed E-state index contributed by atoms with van der Waals surface area (Å²) >= 11 is 2.14. The first-order chi connectivity index (χ1) is 9.96. The molecule has 0 aliphatic rings. The van der Waals surface area contributed by atoms with Crippen molar-refractivity contribution in [1.82, 2.24) is 0 Å². The second kappa shape index (κ2) is 6.63. The van der Waals surface area contributed by atoms with E-state index in [1.807, 2.05) is 12.1 Å². The summed E-state index contributed by atoms with van der Waals surface area (Å²) in [5, 5.41) is 9.09. The van der Waals surface area contributed by atoms with Crippen molar-refractivity contribution in [2.45, 2.75) is 11.5 Å². The molecule has 0 atom stereocenters. The number of ether oxygens (including phenoxy) is 1. The number of aliphatic hydroxyl groups is 1. The van der Waals surface area contributed by atoms with Gasteiger partial charge >= 0.3 is 0 Å². The van der Waals surface area contributed by atoms with Crippen LogP contribution in [0.2, 0.25) is 0 Å². The zero-order valence-electron chi connectivity index (χ0n) is 11.2. The number of halogens is 1. The van der Waals surface area contributed by atoms with Crippen LogP contribution in [-0.2, 0) is 16.6 Å². The van der Waals surface area contributed by atoms with E-state index < -0.39 is 10.0 Å². The van der Waals surface area contributed by atoms with Gasteiger partial charge in [0.15, 0.2) is 0 Å². The van der Waals surface area contributed by atoms with Crippen LogP contribution in [0, 0.1) is 3.57 Å². The monoisotopic (exact) mass is 419 g/mol. The Hall–Kier alpha value is -1.32. The molecule has 0 heterocycles. The zero-order valence-corrected chi connectivity index (χ0v) is 14.2. The van der Waals surface area contributed by atoms with Crippen LogP contribution in [0.3, 0.4) is 0 Å². The highest BCUT2D eigenvalue weighted by Gasteiger charge is 2.19. The van der Waals surface area contributed by atoms with E-state index >= 15 is 0 Å². The third kappa shape index (κ3) is 3.86. The number of benzene rings is 2. The van der Waals surface area contributed by atoms with E-state index in [1.54, 1.807) is 18.2 Å². The van der Waals surface area contributed by atoms with Gasteiger partial charge in [0.05, 0.1) is 13.7 Å². The third-order valence-electron chi connectivity index (χ3n) is 2.80. The molecule has 0 aliphatic carbocycles. The third-order valence-corrected chi connectivity index (χ3v) is 4.94. The number of rotatable bonds is 5. The van der Waals surface area contributed by atoms with E-state index in [2.05, 4.69) is 27.3 Å². The quantitative estimate of drug-likeness (QED) is 0.731. The van der Waals surface area contributed by atoms with E-state index in [0.29, 0.717) is 11.3 Å². The second-order valence-electron chi connectivity index (χ2n) is 4.26. The smallest absolute Gasteiger partial charge is 0.265 e. The van der Waals surface area contributed by atoms with Crippen LogP contribution in [0.25, 0.3) is 0 Å². The van der Waals surface area contributed by atoms with Gasteiger partial charge in [0.25, 0.3) is 10.0 Å². The normalized spacial score (nSPS) is 11.2. The predicted octanol–water partition coefficient (Wildman–Crippen LogP) is 2.59. The first kappa shape index (κ1) is 16.1. The maximum atomic E-state index is 12.4. The summed E-state index contributed by atoms with van der Waals surface area (Å²) in [4.78, 5) is 0.0285. The van der Waals surface area contributed by atoms with Gasteiger partial charge in [0, 0.05) is 9.26 Å². The minimum atomic E-state index is -3.75. The van der Waals surface area contributed by atoms with Crippen LogP contribution >= 0.6 is 22.6 Å². The van der Waals surface area contributed by atoms with Crippen LogP contribution in [0.5, 0.6) is 5.75 Å². The zero-order chi connectivity index (χ0) is 15.5. The first-order valence-electron chi connectivity index (χ1n) is 6.02. The van der Waals surface area contributed by atoms with Crippen molar-refractivity contribution in [1.29, 1.82) is 0 Å². The van der Waals surface area contributed by atoms with Crippen molar-refractivity contribution in [2.24, 2.45) is 0 Å². The lowest BCUT2D eigenvalue weighted by atomic mass is 10.2. The molecule has 2 N–H and O–H groups in total. The molecular formula is C14H14INO4S. The Morgan fingerprint density at radius 2 is 1.86 bits per heavy atom. The van der Waals surface area contributed by atoms with Gasteiger partial charge in [-0.25, -0.2) is 8.42 Å². The summed E-state index contributed by atoms with van der Waals surface area (Å²) < 4.78 is 33.4. The van der Waals surface area contributed by atoms with Crippen molar-refractivity contribution in [2.75, 3.05) is 11.8 Å². The number of aliphatic hydroxyl groups excluding tert-OH is 1. The summed E-state index contributed by atoms with van der Waals surface area (Å²) in [7, 11) is -2.36. The second-order valence-corrected chi connectivity index (χ2v) is 7.15. The van der Waals surface area contributed by atoms with E-state index in [-0.39, 0.29) is 17.3 Å². The molecule has 0 aromatic heterocycles. The molecule has 0 bridgehead atoms. The van der Waals surface area contributed by atoms with Gasteiger partial charge in [-0.05, 0) is 64.6 Å². The molecule has 7 heteroatoms. The fourth-order valence-corrected chi connectivity index (χ4v) is 3.33. The van der Waals surface area contributed by atoms with E-state index in [9.17, 15) is 8.42 Å². The molecule has 2 aromatic rings. The van der Waals surface area contributed by atoms with Gasteiger partial charge in [-0.1, -0.05) is 6.07 Å². The lowest BCUT2D eigenvalue weighted by molar-refractivity contribution is 0.280. The lowest BCUT2D eigenvalue weighted by Gasteiger charge is -2.12. The van der Waals surface area contributed by atoms with Crippen molar-refractivity contribution in [3.05, 3.63) is 51.6 Å². The molecule has 0 radical (unpaired) electrons. The average molecular weight is 419 g/mol. The van der Waals surface area contributed by atoms with Crippen LogP contribution in [0.4, 0.5) is 5.69 Å². The number of nitrogens with one attached hydrogen (secondary N) is 1. The van der Waals surface area contributed by atoms with Crippen LogP contribution in [0.15, 0.2) is 47.4 Å². The van der Waals surface area contributed by atoms with Gasteiger partial charge in [-0.3, -0.25) is 4.72 Å². The molecule has 21 heavy (non-hydrogen) atoms. The summed E-state index contributed by atoms with van der Waals surface area (Å²) in [6.07, 6.45) is 0. The molecule has 112 valence electrons.